The van der Waals surface area contributed by atoms with E-state index in [1.165, 1.54) is 0 Å². The van der Waals surface area contributed by atoms with Crippen molar-refractivity contribution in [3.63, 3.8) is 0 Å². The molecule has 1 heterocycles. The zero-order chi connectivity index (χ0) is 14.7. The fourth-order valence-electron chi connectivity index (χ4n) is 2.58. The first-order valence-corrected chi connectivity index (χ1v) is 7.16. The van der Waals surface area contributed by atoms with Gasteiger partial charge in [0.25, 0.3) is 0 Å². The van der Waals surface area contributed by atoms with E-state index in [1.54, 1.807) is 6.20 Å². The van der Waals surface area contributed by atoms with Gasteiger partial charge < -0.3 is 5.11 Å². The van der Waals surface area contributed by atoms with Crippen molar-refractivity contribution < 1.29 is 5.11 Å². The van der Waals surface area contributed by atoms with Gasteiger partial charge in [0.1, 0.15) is 6.10 Å². The van der Waals surface area contributed by atoms with Crippen molar-refractivity contribution in [1.82, 2.24) is 9.78 Å². The highest BCUT2D eigenvalue weighted by Gasteiger charge is 2.18. The lowest BCUT2D eigenvalue weighted by molar-refractivity contribution is 0.219. The van der Waals surface area contributed by atoms with Crippen molar-refractivity contribution in [2.45, 2.75) is 19.4 Å². The summed E-state index contributed by atoms with van der Waals surface area (Å²) in [5.74, 6) is 0. The normalized spacial score (nSPS) is 12.3. The van der Waals surface area contributed by atoms with Crippen LogP contribution in [0.1, 0.15) is 29.8 Å². The Bertz CT molecular complexity index is 705. The first kappa shape index (κ1) is 13.6. The van der Waals surface area contributed by atoms with E-state index in [-0.39, 0.29) is 0 Å². The quantitative estimate of drug-likeness (QED) is 0.793. The number of rotatable bonds is 4. The van der Waals surface area contributed by atoms with Crippen molar-refractivity contribution in [2.75, 3.05) is 0 Å². The van der Waals surface area contributed by atoms with Crippen molar-refractivity contribution in [2.24, 2.45) is 0 Å². The second kappa shape index (κ2) is 5.94. The average Bonchev–Trinajstić information content (AvgIpc) is 2.99. The van der Waals surface area contributed by atoms with Gasteiger partial charge >= 0.3 is 0 Å². The van der Waals surface area contributed by atoms with Gasteiger partial charge in [0, 0.05) is 5.56 Å². The van der Waals surface area contributed by atoms with E-state index in [9.17, 15) is 5.11 Å². The summed E-state index contributed by atoms with van der Waals surface area (Å²) in [5, 5.41) is 15.1. The maximum absolute atomic E-state index is 10.6. The smallest absolute Gasteiger partial charge is 0.107 e. The van der Waals surface area contributed by atoms with Crippen LogP contribution in [0.25, 0.3) is 5.69 Å². The van der Waals surface area contributed by atoms with Gasteiger partial charge in [-0.1, -0.05) is 55.5 Å². The van der Waals surface area contributed by atoms with Crippen LogP contribution in [0.15, 0.2) is 66.9 Å². The first-order chi connectivity index (χ1) is 10.3. The number of nitrogens with zero attached hydrogens (tertiary/aromatic N) is 2. The molecule has 0 fully saturated rings. The highest BCUT2D eigenvalue weighted by Crippen LogP contribution is 2.26. The van der Waals surface area contributed by atoms with E-state index in [0.29, 0.717) is 0 Å². The third kappa shape index (κ3) is 2.60. The molecule has 0 saturated heterocycles. The lowest BCUT2D eigenvalue weighted by Gasteiger charge is -2.13. The SMILES string of the molecule is CCc1c(C(O)c2ccccc2)cnn1-c1ccccc1. The summed E-state index contributed by atoms with van der Waals surface area (Å²) < 4.78 is 1.90. The van der Waals surface area contributed by atoms with E-state index >= 15 is 0 Å². The van der Waals surface area contributed by atoms with Crippen LogP contribution in [0.5, 0.6) is 0 Å². The van der Waals surface area contributed by atoms with E-state index in [0.717, 1.165) is 28.9 Å². The number of para-hydroxylation sites is 1. The van der Waals surface area contributed by atoms with Gasteiger partial charge in [-0.2, -0.15) is 5.10 Å². The van der Waals surface area contributed by atoms with E-state index in [4.69, 9.17) is 0 Å². The Balaban J connectivity index is 2.03. The van der Waals surface area contributed by atoms with Crippen molar-refractivity contribution >= 4 is 0 Å². The summed E-state index contributed by atoms with van der Waals surface area (Å²) in [7, 11) is 0. The molecule has 1 N–H and O–H groups in total. The molecule has 0 aliphatic rings. The topological polar surface area (TPSA) is 38.1 Å². The third-order valence-electron chi connectivity index (χ3n) is 3.65. The molecule has 1 unspecified atom stereocenters. The Labute approximate surface area is 124 Å². The Morgan fingerprint density at radius 2 is 1.62 bits per heavy atom. The molecule has 0 amide bonds. The minimum atomic E-state index is -0.640. The van der Waals surface area contributed by atoms with E-state index < -0.39 is 6.10 Å². The van der Waals surface area contributed by atoms with E-state index in [2.05, 4.69) is 12.0 Å². The fourth-order valence-corrected chi connectivity index (χ4v) is 2.58. The van der Waals surface area contributed by atoms with Crippen molar-refractivity contribution in [3.05, 3.63) is 83.7 Å². The molecular formula is C18H18N2O. The number of aromatic nitrogens is 2. The largest absolute Gasteiger partial charge is 0.384 e. The van der Waals surface area contributed by atoms with Crippen molar-refractivity contribution in [3.8, 4) is 5.69 Å². The predicted octanol–water partition coefficient (Wildman–Crippen LogP) is 3.52. The molecule has 0 bridgehead atoms. The molecule has 21 heavy (non-hydrogen) atoms. The Kier molecular flexibility index (Phi) is 3.84. The van der Waals surface area contributed by atoms with Gasteiger partial charge in [-0.15, -0.1) is 0 Å². The fraction of sp³-hybridized carbons (Fsp3) is 0.167. The second-order valence-corrected chi connectivity index (χ2v) is 4.96. The third-order valence-corrected chi connectivity index (χ3v) is 3.65. The summed E-state index contributed by atoms with van der Waals surface area (Å²) in [6, 6.07) is 19.7. The van der Waals surface area contributed by atoms with Crippen LogP contribution in [0.2, 0.25) is 0 Å². The molecule has 0 radical (unpaired) electrons. The monoisotopic (exact) mass is 278 g/mol. The number of aliphatic hydroxyl groups excluding tert-OH is 1. The molecule has 3 aromatic rings. The van der Waals surface area contributed by atoms with Crippen molar-refractivity contribution in [1.29, 1.82) is 0 Å². The molecule has 0 saturated carbocycles. The summed E-state index contributed by atoms with van der Waals surface area (Å²) >= 11 is 0. The summed E-state index contributed by atoms with van der Waals surface area (Å²) in [6.45, 7) is 2.08. The molecule has 106 valence electrons. The number of hydrogen-bond acceptors (Lipinski definition) is 2. The molecule has 0 spiro atoms. The number of hydrogen-bond donors (Lipinski definition) is 1. The van der Waals surface area contributed by atoms with Gasteiger partial charge in [-0.05, 0) is 24.1 Å². The lowest BCUT2D eigenvalue weighted by Crippen LogP contribution is -2.06. The molecule has 3 rings (SSSR count). The van der Waals surface area contributed by atoms with Crippen LogP contribution in [0.4, 0.5) is 0 Å². The minimum absolute atomic E-state index is 0.640. The minimum Gasteiger partial charge on any atom is -0.384 e. The second-order valence-electron chi connectivity index (χ2n) is 4.96. The zero-order valence-electron chi connectivity index (χ0n) is 12.0. The molecule has 0 aliphatic carbocycles. The Hall–Kier alpha value is -2.39. The summed E-state index contributed by atoms with van der Waals surface area (Å²) in [5.41, 5.74) is 3.81. The number of aliphatic hydroxyl groups is 1. The van der Waals surface area contributed by atoms with Gasteiger partial charge in [0.2, 0.25) is 0 Å². The Morgan fingerprint density at radius 3 is 2.24 bits per heavy atom. The van der Waals surface area contributed by atoms with Crippen LogP contribution in [-0.4, -0.2) is 14.9 Å². The highest BCUT2D eigenvalue weighted by atomic mass is 16.3. The van der Waals surface area contributed by atoms with Gasteiger partial charge in [-0.25, -0.2) is 4.68 Å². The van der Waals surface area contributed by atoms with Gasteiger partial charge in [0.05, 0.1) is 17.6 Å². The van der Waals surface area contributed by atoms with Gasteiger partial charge in [-0.3, -0.25) is 0 Å². The maximum atomic E-state index is 10.6. The highest BCUT2D eigenvalue weighted by molar-refractivity contribution is 5.38. The first-order valence-electron chi connectivity index (χ1n) is 7.16. The predicted molar refractivity (Wildman–Crippen MR) is 83.4 cm³/mol. The molecule has 0 aliphatic heterocycles. The van der Waals surface area contributed by atoms with Crippen LogP contribution < -0.4 is 0 Å². The number of benzene rings is 2. The lowest BCUT2D eigenvalue weighted by atomic mass is 10.0. The molecular weight excluding hydrogens is 260 g/mol. The molecule has 2 aromatic carbocycles. The molecule has 3 heteroatoms. The summed E-state index contributed by atoms with van der Waals surface area (Å²) in [4.78, 5) is 0. The average molecular weight is 278 g/mol. The summed E-state index contributed by atoms with van der Waals surface area (Å²) in [6.07, 6.45) is 1.94. The standard InChI is InChI=1S/C18H18N2O/c1-2-17-16(18(21)14-9-5-3-6-10-14)13-19-20(17)15-11-7-4-8-12-15/h3-13,18,21H,2H2,1H3. The zero-order valence-corrected chi connectivity index (χ0v) is 12.0. The molecule has 1 atom stereocenters. The van der Waals surface area contributed by atoms with Gasteiger partial charge in [0.15, 0.2) is 0 Å². The van der Waals surface area contributed by atoms with Crippen LogP contribution >= 0.6 is 0 Å². The Morgan fingerprint density at radius 1 is 1.00 bits per heavy atom. The molecule has 1 aromatic heterocycles. The maximum Gasteiger partial charge on any atom is 0.107 e. The van der Waals surface area contributed by atoms with Crippen LogP contribution in [0, 0.1) is 0 Å². The van der Waals surface area contributed by atoms with E-state index in [1.807, 2.05) is 65.3 Å². The van der Waals surface area contributed by atoms with Crippen LogP contribution in [-0.2, 0) is 6.42 Å². The molecule has 3 nitrogen and oxygen atoms in total. The van der Waals surface area contributed by atoms with Crippen LogP contribution in [0.3, 0.4) is 0 Å².